The molecule has 7 heteroatoms. The molecule has 0 bridgehead atoms. The first-order chi connectivity index (χ1) is 12.8. The van der Waals surface area contributed by atoms with Gasteiger partial charge in [0, 0.05) is 13.1 Å². The Bertz CT molecular complexity index is 936. The minimum Gasteiger partial charge on any atom is -0.351 e. The molecule has 1 aromatic carbocycles. The van der Waals surface area contributed by atoms with E-state index in [-0.39, 0.29) is 11.9 Å². The van der Waals surface area contributed by atoms with E-state index >= 15 is 0 Å². The Morgan fingerprint density at radius 3 is 2.96 bits per heavy atom. The first-order valence-corrected chi connectivity index (χ1v) is 8.69. The molecule has 4 rings (SSSR count). The van der Waals surface area contributed by atoms with E-state index in [0.717, 1.165) is 41.9 Å². The van der Waals surface area contributed by atoms with Crippen molar-refractivity contribution in [2.24, 2.45) is 0 Å². The van der Waals surface area contributed by atoms with E-state index < -0.39 is 0 Å². The predicted octanol–water partition coefficient (Wildman–Crippen LogP) is 2.09. The minimum atomic E-state index is -0.229. The van der Waals surface area contributed by atoms with Gasteiger partial charge in [-0.1, -0.05) is 24.3 Å². The van der Waals surface area contributed by atoms with Gasteiger partial charge in [-0.05, 0) is 25.0 Å². The number of benzene rings is 1. The van der Waals surface area contributed by atoms with E-state index in [2.05, 4.69) is 31.9 Å². The highest BCUT2D eigenvalue weighted by Gasteiger charge is 2.32. The van der Waals surface area contributed by atoms with Crippen LogP contribution in [0.3, 0.4) is 0 Å². The van der Waals surface area contributed by atoms with E-state index in [0.29, 0.717) is 6.54 Å². The number of hydrogen-bond acceptors (Lipinski definition) is 5. The van der Waals surface area contributed by atoms with Crippen LogP contribution >= 0.6 is 0 Å². The molecule has 7 nitrogen and oxygen atoms in total. The number of hydrogen-bond donors (Lipinski definition) is 1. The number of amides is 1. The molecule has 1 fully saturated rings. The quantitative estimate of drug-likeness (QED) is 0.715. The fourth-order valence-corrected chi connectivity index (χ4v) is 3.40. The molecule has 1 aliphatic rings. The second-order valence-corrected chi connectivity index (χ2v) is 6.21. The van der Waals surface area contributed by atoms with Crippen LogP contribution in [0.4, 0.5) is 5.82 Å². The van der Waals surface area contributed by atoms with E-state index in [1.165, 1.54) is 6.33 Å². The van der Waals surface area contributed by atoms with Gasteiger partial charge < -0.3 is 10.2 Å². The maximum atomic E-state index is 12.5. The topological polar surface area (TPSA) is 75.9 Å². The number of carbonyl (C=O) groups excluding carboxylic acids is 1. The first kappa shape index (κ1) is 16.3. The Labute approximate surface area is 151 Å². The Balaban J connectivity index is 1.72. The number of rotatable bonds is 5. The SMILES string of the molecule is C=CCNC(=O)[C@H]1CCCN1c1ncnc2c1cnn2-c1ccccc1. The summed E-state index contributed by atoms with van der Waals surface area (Å²) in [6, 6.07) is 9.63. The van der Waals surface area contributed by atoms with Crippen LogP contribution in [-0.4, -0.2) is 44.8 Å². The summed E-state index contributed by atoms with van der Waals surface area (Å²) in [6.45, 7) is 4.90. The Kier molecular flexibility index (Phi) is 4.35. The van der Waals surface area contributed by atoms with Crippen LogP contribution in [0.1, 0.15) is 12.8 Å². The first-order valence-electron chi connectivity index (χ1n) is 8.69. The summed E-state index contributed by atoms with van der Waals surface area (Å²) in [5, 5.41) is 8.23. The second-order valence-electron chi connectivity index (χ2n) is 6.21. The third kappa shape index (κ3) is 2.81. The highest BCUT2D eigenvalue weighted by atomic mass is 16.2. The largest absolute Gasteiger partial charge is 0.351 e. The zero-order valence-electron chi connectivity index (χ0n) is 14.4. The van der Waals surface area contributed by atoms with Gasteiger partial charge in [0.1, 0.15) is 18.2 Å². The molecule has 2 aromatic heterocycles. The van der Waals surface area contributed by atoms with Gasteiger partial charge in [-0.3, -0.25) is 4.79 Å². The van der Waals surface area contributed by atoms with Crippen LogP contribution in [0.25, 0.3) is 16.7 Å². The summed E-state index contributed by atoms with van der Waals surface area (Å²) in [5.74, 6) is 0.762. The van der Waals surface area contributed by atoms with Gasteiger partial charge >= 0.3 is 0 Å². The molecule has 1 atom stereocenters. The predicted molar refractivity (Wildman–Crippen MR) is 100 cm³/mol. The molecule has 1 saturated heterocycles. The van der Waals surface area contributed by atoms with E-state index in [4.69, 9.17) is 0 Å². The van der Waals surface area contributed by atoms with Crippen molar-refractivity contribution in [2.45, 2.75) is 18.9 Å². The van der Waals surface area contributed by atoms with Gasteiger partial charge in [-0.2, -0.15) is 5.10 Å². The van der Waals surface area contributed by atoms with Crippen molar-refractivity contribution in [3.05, 3.63) is 55.5 Å². The number of nitrogens with zero attached hydrogens (tertiary/aromatic N) is 5. The van der Waals surface area contributed by atoms with Gasteiger partial charge in [-0.25, -0.2) is 14.6 Å². The zero-order valence-corrected chi connectivity index (χ0v) is 14.4. The number of anilines is 1. The number of nitrogens with one attached hydrogen (secondary N) is 1. The van der Waals surface area contributed by atoms with E-state index in [1.54, 1.807) is 17.0 Å². The lowest BCUT2D eigenvalue weighted by Gasteiger charge is -2.25. The molecular weight excluding hydrogens is 328 g/mol. The van der Waals surface area contributed by atoms with E-state index in [9.17, 15) is 4.79 Å². The molecule has 132 valence electrons. The summed E-state index contributed by atoms with van der Waals surface area (Å²) >= 11 is 0. The third-order valence-electron chi connectivity index (χ3n) is 4.59. The summed E-state index contributed by atoms with van der Waals surface area (Å²) < 4.78 is 1.80. The lowest BCUT2D eigenvalue weighted by atomic mass is 10.2. The highest BCUT2D eigenvalue weighted by Crippen LogP contribution is 2.30. The average Bonchev–Trinajstić information content (AvgIpc) is 3.33. The molecule has 26 heavy (non-hydrogen) atoms. The van der Waals surface area contributed by atoms with Crippen LogP contribution in [0.15, 0.2) is 55.5 Å². The van der Waals surface area contributed by atoms with Gasteiger partial charge in [0.15, 0.2) is 5.65 Å². The molecule has 0 spiro atoms. The monoisotopic (exact) mass is 348 g/mol. The fourth-order valence-electron chi connectivity index (χ4n) is 3.40. The summed E-state index contributed by atoms with van der Waals surface area (Å²) in [5.41, 5.74) is 1.67. The molecule has 0 radical (unpaired) electrons. The van der Waals surface area contributed by atoms with Crippen molar-refractivity contribution in [1.82, 2.24) is 25.1 Å². The Morgan fingerprint density at radius 1 is 1.31 bits per heavy atom. The molecule has 1 aliphatic heterocycles. The van der Waals surface area contributed by atoms with Gasteiger partial charge in [-0.15, -0.1) is 6.58 Å². The van der Waals surface area contributed by atoms with Gasteiger partial charge in [0.25, 0.3) is 0 Å². The Hall–Kier alpha value is -3.22. The van der Waals surface area contributed by atoms with Crippen LogP contribution in [-0.2, 0) is 4.79 Å². The van der Waals surface area contributed by atoms with Crippen LogP contribution < -0.4 is 10.2 Å². The van der Waals surface area contributed by atoms with Crippen molar-refractivity contribution < 1.29 is 4.79 Å². The molecular formula is C19H20N6O. The highest BCUT2D eigenvalue weighted by molar-refractivity contribution is 5.92. The lowest BCUT2D eigenvalue weighted by molar-refractivity contribution is -0.121. The normalized spacial score (nSPS) is 16.8. The van der Waals surface area contributed by atoms with Crippen molar-refractivity contribution >= 4 is 22.8 Å². The maximum Gasteiger partial charge on any atom is 0.243 e. The second kappa shape index (κ2) is 6.95. The van der Waals surface area contributed by atoms with Crippen molar-refractivity contribution in [3.8, 4) is 5.69 Å². The minimum absolute atomic E-state index is 0.00427. The number of aromatic nitrogens is 4. The molecule has 0 unspecified atom stereocenters. The molecule has 1 N–H and O–H groups in total. The van der Waals surface area contributed by atoms with Crippen LogP contribution in [0.2, 0.25) is 0 Å². The zero-order chi connectivity index (χ0) is 17.9. The molecule has 0 saturated carbocycles. The molecule has 3 heterocycles. The standard InChI is InChI=1S/C19H20N6O/c1-2-10-20-19(26)16-9-6-11-24(16)17-15-12-23-25(18(15)22-13-21-17)14-7-4-3-5-8-14/h2-5,7-8,12-13,16H,1,6,9-11H2,(H,20,26)/t16-/m1/s1. The number of fused-ring (bicyclic) bond motifs is 1. The van der Waals surface area contributed by atoms with E-state index in [1.807, 2.05) is 30.3 Å². The van der Waals surface area contributed by atoms with Gasteiger partial charge in [0.2, 0.25) is 5.91 Å². The van der Waals surface area contributed by atoms with Crippen LogP contribution in [0, 0.1) is 0 Å². The molecule has 0 aliphatic carbocycles. The number of para-hydroxylation sites is 1. The summed E-state index contributed by atoms with van der Waals surface area (Å²) in [4.78, 5) is 23.4. The smallest absolute Gasteiger partial charge is 0.243 e. The Morgan fingerprint density at radius 2 is 2.15 bits per heavy atom. The maximum absolute atomic E-state index is 12.5. The van der Waals surface area contributed by atoms with Gasteiger partial charge in [0.05, 0.1) is 17.3 Å². The molecule has 1 amide bonds. The number of carbonyl (C=O) groups is 1. The summed E-state index contributed by atoms with van der Waals surface area (Å²) in [6.07, 6.45) is 6.75. The van der Waals surface area contributed by atoms with Crippen molar-refractivity contribution in [2.75, 3.05) is 18.0 Å². The van der Waals surface area contributed by atoms with Crippen molar-refractivity contribution in [1.29, 1.82) is 0 Å². The van der Waals surface area contributed by atoms with Crippen molar-refractivity contribution in [3.63, 3.8) is 0 Å². The lowest BCUT2D eigenvalue weighted by Crippen LogP contribution is -2.43. The third-order valence-corrected chi connectivity index (χ3v) is 4.59. The molecule has 3 aromatic rings. The van der Waals surface area contributed by atoms with Crippen LogP contribution in [0.5, 0.6) is 0 Å². The average molecular weight is 348 g/mol. The fraction of sp³-hybridized carbons (Fsp3) is 0.263. The summed E-state index contributed by atoms with van der Waals surface area (Å²) in [7, 11) is 0.